The highest BCUT2D eigenvalue weighted by atomic mass is 19.3. The van der Waals surface area contributed by atoms with Gasteiger partial charge >= 0.3 is 12.2 Å². The maximum absolute atomic E-state index is 12.5. The minimum atomic E-state index is -2.92. The predicted molar refractivity (Wildman–Crippen MR) is 95.6 cm³/mol. The smallest absolute Gasteiger partial charge is 0.387 e. The molecule has 1 aromatic carbocycles. The third-order valence-electron chi connectivity index (χ3n) is 4.43. The van der Waals surface area contributed by atoms with Crippen molar-refractivity contribution in [2.24, 2.45) is 0 Å². The second-order valence-corrected chi connectivity index (χ2v) is 6.39. The Bertz CT molecular complexity index is 859. The van der Waals surface area contributed by atoms with Gasteiger partial charge in [-0.15, -0.1) is 0 Å². The molecule has 0 aliphatic carbocycles. The molecule has 6 nitrogen and oxygen atoms in total. The zero-order chi connectivity index (χ0) is 19.4. The van der Waals surface area contributed by atoms with E-state index in [0.29, 0.717) is 17.0 Å². The average molecular weight is 378 g/mol. The lowest BCUT2D eigenvalue weighted by atomic mass is 9.95. The van der Waals surface area contributed by atoms with Gasteiger partial charge in [-0.25, -0.2) is 4.79 Å². The summed E-state index contributed by atoms with van der Waals surface area (Å²) in [5.74, 6) is 0.0561. The largest absolute Gasteiger partial charge is 0.435 e. The van der Waals surface area contributed by atoms with E-state index >= 15 is 0 Å². The Labute approximate surface area is 154 Å². The molecule has 0 saturated carbocycles. The number of ether oxygens (including phenoxy) is 1. The summed E-state index contributed by atoms with van der Waals surface area (Å²) in [4.78, 5) is 24.8. The Morgan fingerprint density at radius 1 is 1.33 bits per heavy atom. The summed E-state index contributed by atoms with van der Waals surface area (Å²) in [6, 6.07) is 7.16. The summed E-state index contributed by atoms with van der Waals surface area (Å²) in [7, 11) is 0. The second-order valence-electron chi connectivity index (χ2n) is 6.39. The molecule has 144 valence electrons. The van der Waals surface area contributed by atoms with Gasteiger partial charge in [0.2, 0.25) is 0 Å². The normalized spacial score (nSPS) is 17.0. The number of halogens is 2. The fraction of sp³-hybridized carbons (Fsp3) is 0.368. The lowest BCUT2D eigenvalue weighted by Crippen LogP contribution is -2.30. The van der Waals surface area contributed by atoms with Crippen molar-refractivity contribution in [3.05, 3.63) is 57.6 Å². The number of alkyl halides is 2. The van der Waals surface area contributed by atoms with Crippen LogP contribution >= 0.6 is 0 Å². The predicted octanol–water partition coefficient (Wildman–Crippen LogP) is 3.27. The van der Waals surface area contributed by atoms with Gasteiger partial charge in [0.1, 0.15) is 17.1 Å². The number of piperidine rings is 1. The lowest BCUT2D eigenvalue weighted by Gasteiger charge is -2.22. The Morgan fingerprint density at radius 2 is 2.07 bits per heavy atom. The van der Waals surface area contributed by atoms with Gasteiger partial charge in [0, 0.05) is 18.2 Å². The number of benzene rings is 1. The van der Waals surface area contributed by atoms with Crippen LogP contribution in [0.25, 0.3) is 0 Å². The summed E-state index contributed by atoms with van der Waals surface area (Å²) in [6.07, 6.45) is 1.93. The van der Waals surface area contributed by atoms with Crippen molar-refractivity contribution in [3.63, 3.8) is 0 Å². The van der Waals surface area contributed by atoms with Crippen LogP contribution in [0.1, 0.15) is 40.4 Å². The van der Waals surface area contributed by atoms with Crippen molar-refractivity contribution >= 4 is 11.6 Å². The van der Waals surface area contributed by atoms with Crippen molar-refractivity contribution in [1.82, 2.24) is 5.32 Å². The first kappa shape index (κ1) is 19.0. The number of carbonyl (C=O) groups excluding carboxylic acids is 1. The number of aryl methyl sites for hydroxylation is 1. The van der Waals surface area contributed by atoms with E-state index in [-0.39, 0.29) is 17.2 Å². The van der Waals surface area contributed by atoms with E-state index in [4.69, 9.17) is 4.42 Å². The SMILES string of the molecule is Cc1cc(C2CCCNC2)oc(=O)c1C(=O)Nc1ccc(OC(F)F)cc1. The first-order chi connectivity index (χ1) is 12.9. The van der Waals surface area contributed by atoms with Crippen LogP contribution in [0, 0.1) is 6.92 Å². The Hall–Kier alpha value is -2.74. The third-order valence-corrected chi connectivity index (χ3v) is 4.43. The topological polar surface area (TPSA) is 80.6 Å². The molecule has 1 unspecified atom stereocenters. The minimum absolute atomic E-state index is 0.0239. The summed E-state index contributed by atoms with van der Waals surface area (Å²) < 4.78 is 34.0. The van der Waals surface area contributed by atoms with Crippen molar-refractivity contribution in [2.75, 3.05) is 18.4 Å². The molecule has 2 N–H and O–H groups in total. The van der Waals surface area contributed by atoms with Crippen LogP contribution in [-0.4, -0.2) is 25.6 Å². The van der Waals surface area contributed by atoms with Gasteiger partial charge in [-0.3, -0.25) is 4.79 Å². The van der Waals surface area contributed by atoms with E-state index in [2.05, 4.69) is 15.4 Å². The van der Waals surface area contributed by atoms with Gasteiger partial charge in [-0.05, 0) is 62.2 Å². The lowest BCUT2D eigenvalue weighted by molar-refractivity contribution is -0.0498. The monoisotopic (exact) mass is 378 g/mol. The van der Waals surface area contributed by atoms with E-state index in [1.165, 1.54) is 24.3 Å². The van der Waals surface area contributed by atoms with Gasteiger partial charge in [0.25, 0.3) is 5.91 Å². The molecular formula is C19H20F2N2O4. The molecule has 1 amide bonds. The van der Waals surface area contributed by atoms with E-state index in [1.54, 1.807) is 13.0 Å². The molecule has 1 atom stereocenters. The molecule has 1 aliphatic rings. The van der Waals surface area contributed by atoms with Crippen LogP contribution in [0.3, 0.4) is 0 Å². The van der Waals surface area contributed by atoms with Crippen LogP contribution in [0.5, 0.6) is 5.75 Å². The molecule has 8 heteroatoms. The highest BCUT2D eigenvalue weighted by molar-refractivity contribution is 6.04. The Balaban J connectivity index is 1.75. The van der Waals surface area contributed by atoms with Crippen LogP contribution < -0.4 is 21.0 Å². The average Bonchev–Trinajstić information content (AvgIpc) is 2.63. The molecule has 0 radical (unpaired) electrons. The number of hydrogen-bond acceptors (Lipinski definition) is 5. The van der Waals surface area contributed by atoms with E-state index in [9.17, 15) is 18.4 Å². The molecular weight excluding hydrogens is 358 g/mol. The third kappa shape index (κ3) is 4.71. The number of hydrogen-bond donors (Lipinski definition) is 2. The van der Waals surface area contributed by atoms with Crippen LogP contribution in [0.15, 0.2) is 39.5 Å². The highest BCUT2D eigenvalue weighted by Gasteiger charge is 2.22. The van der Waals surface area contributed by atoms with Crippen molar-refractivity contribution in [1.29, 1.82) is 0 Å². The summed E-state index contributed by atoms with van der Waals surface area (Å²) in [6.45, 7) is 0.448. The maximum atomic E-state index is 12.5. The van der Waals surface area contributed by atoms with Gasteiger partial charge in [0.05, 0.1) is 0 Å². The number of nitrogens with one attached hydrogen (secondary N) is 2. The molecule has 27 heavy (non-hydrogen) atoms. The van der Waals surface area contributed by atoms with Crippen molar-refractivity contribution in [3.8, 4) is 5.75 Å². The fourth-order valence-electron chi connectivity index (χ4n) is 3.12. The number of amides is 1. The molecule has 2 aromatic rings. The number of anilines is 1. The standard InChI is InChI=1S/C19H20F2N2O4/c1-11-9-15(12-3-2-8-22-10-12)27-18(25)16(11)17(24)23-13-4-6-14(7-5-13)26-19(20)21/h4-7,9,12,19,22H,2-3,8,10H2,1H3,(H,23,24). The summed E-state index contributed by atoms with van der Waals surface area (Å²) >= 11 is 0. The minimum Gasteiger partial charge on any atom is -0.435 e. The van der Waals surface area contributed by atoms with Gasteiger partial charge in [-0.1, -0.05) is 0 Å². The summed E-state index contributed by atoms with van der Waals surface area (Å²) in [5, 5.41) is 5.83. The van der Waals surface area contributed by atoms with Gasteiger partial charge in [0.15, 0.2) is 0 Å². The van der Waals surface area contributed by atoms with Crippen molar-refractivity contribution < 1.29 is 22.7 Å². The van der Waals surface area contributed by atoms with Crippen LogP contribution in [-0.2, 0) is 0 Å². The fourth-order valence-corrected chi connectivity index (χ4v) is 3.12. The molecule has 3 rings (SSSR count). The molecule has 0 spiro atoms. The Kier molecular flexibility index (Phi) is 5.85. The van der Waals surface area contributed by atoms with Crippen LogP contribution in [0.4, 0.5) is 14.5 Å². The maximum Gasteiger partial charge on any atom is 0.387 e. The first-order valence-electron chi connectivity index (χ1n) is 8.65. The molecule has 1 saturated heterocycles. The zero-order valence-electron chi connectivity index (χ0n) is 14.8. The quantitative estimate of drug-likeness (QED) is 0.835. The molecule has 2 heterocycles. The van der Waals surface area contributed by atoms with Crippen molar-refractivity contribution in [2.45, 2.75) is 32.3 Å². The second kappa shape index (κ2) is 8.30. The number of carbonyl (C=O) groups is 1. The van der Waals surface area contributed by atoms with Gasteiger partial charge in [-0.2, -0.15) is 8.78 Å². The zero-order valence-corrected chi connectivity index (χ0v) is 14.8. The first-order valence-corrected chi connectivity index (χ1v) is 8.65. The number of rotatable bonds is 5. The molecule has 1 fully saturated rings. The Morgan fingerprint density at radius 3 is 2.67 bits per heavy atom. The molecule has 1 aliphatic heterocycles. The molecule has 0 bridgehead atoms. The van der Waals surface area contributed by atoms with Gasteiger partial charge < -0.3 is 19.8 Å². The van der Waals surface area contributed by atoms with E-state index < -0.39 is 18.1 Å². The summed E-state index contributed by atoms with van der Waals surface area (Å²) in [5.41, 5.74) is 0.115. The van der Waals surface area contributed by atoms with E-state index in [0.717, 1.165) is 25.9 Å². The highest BCUT2D eigenvalue weighted by Crippen LogP contribution is 2.24. The van der Waals surface area contributed by atoms with Crippen LogP contribution in [0.2, 0.25) is 0 Å². The van der Waals surface area contributed by atoms with E-state index in [1.807, 2.05) is 0 Å². The molecule has 1 aromatic heterocycles.